The standard InChI is InChI=1S/C14H18ClNO2/c1-9(16)4-10-5-12-13(6-11(10)15)18-8-14(2-3-14)7-17-12/h5-6,9H,2-4,7-8,16H2,1H3. The molecular formula is C14H18ClNO2. The van der Waals surface area contributed by atoms with Crippen LogP contribution in [0, 0.1) is 5.41 Å². The summed E-state index contributed by atoms with van der Waals surface area (Å²) in [6.45, 7) is 3.46. The number of hydrogen-bond acceptors (Lipinski definition) is 3. The highest BCUT2D eigenvalue weighted by Gasteiger charge is 2.46. The van der Waals surface area contributed by atoms with Gasteiger partial charge in [-0.2, -0.15) is 0 Å². The van der Waals surface area contributed by atoms with Gasteiger partial charge >= 0.3 is 0 Å². The summed E-state index contributed by atoms with van der Waals surface area (Å²) in [5, 5.41) is 0.710. The first-order valence-electron chi connectivity index (χ1n) is 6.42. The molecule has 1 saturated carbocycles. The molecule has 2 aliphatic rings. The van der Waals surface area contributed by atoms with Gasteiger partial charge in [0.1, 0.15) is 0 Å². The van der Waals surface area contributed by atoms with Gasteiger partial charge in [0, 0.05) is 22.5 Å². The second-order valence-electron chi connectivity index (χ2n) is 5.65. The third-order valence-corrected chi connectivity index (χ3v) is 4.03. The van der Waals surface area contributed by atoms with Gasteiger partial charge in [0.2, 0.25) is 0 Å². The van der Waals surface area contributed by atoms with Crippen LogP contribution in [0.4, 0.5) is 0 Å². The molecule has 98 valence electrons. The number of rotatable bonds is 2. The van der Waals surface area contributed by atoms with Crippen molar-refractivity contribution < 1.29 is 9.47 Å². The van der Waals surface area contributed by atoms with E-state index < -0.39 is 0 Å². The lowest BCUT2D eigenvalue weighted by Gasteiger charge is -2.12. The maximum atomic E-state index is 6.25. The minimum Gasteiger partial charge on any atom is -0.489 e. The molecule has 1 aromatic carbocycles. The van der Waals surface area contributed by atoms with Crippen LogP contribution in [0.25, 0.3) is 0 Å². The fourth-order valence-corrected chi connectivity index (χ4v) is 2.51. The molecule has 0 bridgehead atoms. The Balaban J connectivity index is 1.88. The smallest absolute Gasteiger partial charge is 0.162 e. The van der Waals surface area contributed by atoms with Crippen molar-refractivity contribution in [1.82, 2.24) is 0 Å². The predicted molar refractivity (Wildman–Crippen MR) is 71.5 cm³/mol. The van der Waals surface area contributed by atoms with Crippen molar-refractivity contribution >= 4 is 11.6 Å². The van der Waals surface area contributed by atoms with Gasteiger partial charge < -0.3 is 15.2 Å². The van der Waals surface area contributed by atoms with E-state index in [0.29, 0.717) is 5.02 Å². The lowest BCUT2D eigenvalue weighted by Crippen LogP contribution is -2.18. The van der Waals surface area contributed by atoms with Crippen LogP contribution in [0.3, 0.4) is 0 Å². The Labute approximate surface area is 112 Å². The summed E-state index contributed by atoms with van der Waals surface area (Å²) >= 11 is 6.25. The molecule has 0 aromatic heterocycles. The monoisotopic (exact) mass is 267 g/mol. The van der Waals surface area contributed by atoms with E-state index in [1.54, 1.807) is 0 Å². The second kappa shape index (κ2) is 4.32. The fraction of sp³-hybridized carbons (Fsp3) is 0.571. The molecule has 2 N–H and O–H groups in total. The molecule has 4 heteroatoms. The van der Waals surface area contributed by atoms with E-state index in [1.807, 2.05) is 19.1 Å². The molecule has 1 aliphatic carbocycles. The van der Waals surface area contributed by atoms with Gasteiger partial charge in [-0.25, -0.2) is 0 Å². The number of ether oxygens (including phenoxy) is 2. The molecule has 0 saturated heterocycles. The quantitative estimate of drug-likeness (QED) is 0.896. The maximum Gasteiger partial charge on any atom is 0.162 e. The van der Waals surface area contributed by atoms with Crippen LogP contribution in [0.2, 0.25) is 5.02 Å². The lowest BCUT2D eigenvalue weighted by molar-refractivity contribution is 0.197. The Morgan fingerprint density at radius 3 is 2.44 bits per heavy atom. The van der Waals surface area contributed by atoms with Crippen LogP contribution in [0.1, 0.15) is 25.3 Å². The summed E-state index contributed by atoms with van der Waals surface area (Å²) in [7, 11) is 0. The van der Waals surface area contributed by atoms with Gasteiger partial charge in [0.25, 0.3) is 0 Å². The van der Waals surface area contributed by atoms with Crippen molar-refractivity contribution in [2.45, 2.75) is 32.2 Å². The fourth-order valence-electron chi connectivity index (χ4n) is 2.27. The SMILES string of the molecule is CC(N)Cc1cc2c(cc1Cl)OCC1(CC1)CO2. The predicted octanol–water partition coefficient (Wildman–Crippen LogP) is 2.78. The number of hydrogen-bond donors (Lipinski definition) is 1. The Hall–Kier alpha value is -0.930. The van der Waals surface area contributed by atoms with Crippen molar-refractivity contribution in [3.63, 3.8) is 0 Å². The Morgan fingerprint density at radius 2 is 1.89 bits per heavy atom. The van der Waals surface area contributed by atoms with Gasteiger partial charge in [0.15, 0.2) is 11.5 Å². The first-order chi connectivity index (χ1) is 8.58. The highest BCUT2D eigenvalue weighted by atomic mass is 35.5. The molecule has 1 spiro atoms. The summed E-state index contributed by atoms with van der Waals surface area (Å²) in [5.41, 5.74) is 7.11. The van der Waals surface area contributed by atoms with Crippen molar-refractivity contribution in [1.29, 1.82) is 0 Å². The molecule has 18 heavy (non-hydrogen) atoms. The van der Waals surface area contributed by atoms with Crippen LogP contribution in [0.5, 0.6) is 11.5 Å². The minimum absolute atomic E-state index is 0.0852. The molecule has 1 heterocycles. The normalized spacial score (nSPS) is 21.5. The van der Waals surface area contributed by atoms with E-state index in [9.17, 15) is 0 Å². The molecule has 0 radical (unpaired) electrons. The van der Waals surface area contributed by atoms with Crippen molar-refractivity contribution in [3.8, 4) is 11.5 Å². The van der Waals surface area contributed by atoms with E-state index in [-0.39, 0.29) is 11.5 Å². The Bertz CT molecular complexity index is 469. The number of benzene rings is 1. The number of halogens is 1. The van der Waals surface area contributed by atoms with Crippen LogP contribution in [-0.4, -0.2) is 19.3 Å². The first-order valence-corrected chi connectivity index (χ1v) is 6.79. The minimum atomic E-state index is 0.0852. The van der Waals surface area contributed by atoms with E-state index in [2.05, 4.69) is 0 Å². The topological polar surface area (TPSA) is 44.5 Å². The zero-order valence-corrected chi connectivity index (χ0v) is 11.3. The molecule has 1 atom stereocenters. The average Bonchev–Trinajstić information content (AvgIpc) is 3.09. The number of fused-ring (bicyclic) bond motifs is 1. The van der Waals surface area contributed by atoms with Crippen molar-refractivity contribution in [2.24, 2.45) is 11.1 Å². The summed E-state index contributed by atoms with van der Waals surface area (Å²) in [6, 6.07) is 3.92. The lowest BCUT2D eigenvalue weighted by atomic mass is 10.1. The van der Waals surface area contributed by atoms with E-state index in [4.69, 9.17) is 26.8 Å². The van der Waals surface area contributed by atoms with Crippen molar-refractivity contribution in [3.05, 3.63) is 22.7 Å². The molecule has 1 fully saturated rings. The molecule has 1 aromatic rings. The van der Waals surface area contributed by atoms with Gasteiger partial charge in [-0.1, -0.05) is 11.6 Å². The Kier molecular flexibility index (Phi) is 2.91. The molecule has 1 aliphatic heterocycles. The van der Waals surface area contributed by atoms with Gasteiger partial charge in [-0.15, -0.1) is 0 Å². The van der Waals surface area contributed by atoms with E-state index in [1.165, 1.54) is 12.8 Å². The summed E-state index contributed by atoms with van der Waals surface area (Å²) in [5.74, 6) is 1.57. The Morgan fingerprint density at radius 1 is 1.28 bits per heavy atom. The van der Waals surface area contributed by atoms with E-state index >= 15 is 0 Å². The largest absolute Gasteiger partial charge is 0.489 e. The van der Waals surface area contributed by atoms with Crippen molar-refractivity contribution in [2.75, 3.05) is 13.2 Å². The van der Waals surface area contributed by atoms with Crippen LogP contribution >= 0.6 is 11.6 Å². The highest BCUT2D eigenvalue weighted by Crippen LogP contribution is 2.49. The third-order valence-electron chi connectivity index (χ3n) is 3.68. The highest BCUT2D eigenvalue weighted by molar-refractivity contribution is 6.31. The van der Waals surface area contributed by atoms with E-state index in [0.717, 1.165) is 36.7 Å². The van der Waals surface area contributed by atoms with Crippen LogP contribution in [0.15, 0.2) is 12.1 Å². The molecular weight excluding hydrogens is 250 g/mol. The van der Waals surface area contributed by atoms with Crippen LogP contribution < -0.4 is 15.2 Å². The van der Waals surface area contributed by atoms with Gasteiger partial charge in [0.05, 0.1) is 13.2 Å². The third kappa shape index (κ3) is 2.29. The van der Waals surface area contributed by atoms with Crippen LogP contribution in [-0.2, 0) is 6.42 Å². The molecule has 0 amide bonds. The summed E-state index contributed by atoms with van der Waals surface area (Å²) in [4.78, 5) is 0. The summed E-state index contributed by atoms with van der Waals surface area (Å²) < 4.78 is 11.7. The summed E-state index contributed by atoms with van der Waals surface area (Å²) in [6.07, 6.45) is 3.14. The average molecular weight is 268 g/mol. The zero-order chi connectivity index (χ0) is 12.8. The van der Waals surface area contributed by atoms with Gasteiger partial charge in [-0.3, -0.25) is 0 Å². The zero-order valence-electron chi connectivity index (χ0n) is 10.5. The maximum absolute atomic E-state index is 6.25. The number of nitrogens with two attached hydrogens (primary N) is 1. The second-order valence-corrected chi connectivity index (χ2v) is 6.06. The molecule has 3 nitrogen and oxygen atoms in total. The van der Waals surface area contributed by atoms with Gasteiger partial charge in [-0.05, 0) is 37.8 Å². The molecule has 1 unspecified atom stereocenters. The molecule has 3 rings (SSSR count). The first kappa shape index (κ1) is 12.1.